The predicted octanol–water partition coefficient (Wildman–Crippen LogP) is 6.50. The van der Waals surface area contributed by atoms with Crippen LogP contribution in [0, 0.1) is 18.3 Å². The zero-order valence-corrected chi connectivity index (χ0v) is 19.4. The first-order chi connectivity index (χ1) is 16.1. The van der Waals surface area contributed by atoms with Crippen LogP contribution in [-0.4, -0.2) is 28.0 Å². The van der Waals surface area contributed by atoms with Gasteiger partial charge in [-0.05, 0) is 54.9 Å². The molecule has 2 N–H and O–H groups in total. The third-order valence-electron chi connectivity index (χ3n) is 6.07. The highest BCUT2D eigenvalue weighted by molar-refractivity contribution is 5.90. The number of fused-ring (bicyclic) bond motifs is 1. The topological polar surface area (TPSA) is 67.7 Å². The second kappa shape index (κ2) is 10.2. The van der Waals surface area contributed by atoms with Crippen LogP contribution in [0.15, 0.2) is 61.1 Å². The molecule has 2 heterocycles. The molecule has 5 nitrogen and oxygen atoms in total. The van der Waals surface area contributed by atoms with Crippen molar-refractivity contribution in [2.24, 2.45) is 0 Å². The molecule has 0 fully saturated rings. The van der Waals surface area contributed by atoms with Crippen LogP contribution in [0.2, 0.25) is 0 Å². The van der Waals surface area contributed by atoms with Gasteiger partial charge in [-0.2, -0.15) is 5.26 Å². The van der Waals surface area contributed by atoms with Crippen molar-refractivity contribution in [2.45, 2.75) is 27.3 Å². The Balaban J connectivity index is 1.65. The summed E-state index contributed by atoms with van der Waals surface area (Å²) in [6.07, 6.45) is 9.45. The van der Waals surface area contributed by atoms with Gasteiger partial charge >= 0.3 is 0 Å². The number of H-pyrrole nitrogens is 1. The average molecular weight is 436 g/mol. The monoisotopic (exact) mass is 435 g/mol. The van der Waals surface area contributed by atoms with Gasteiger partial charge in [0, 0.05) is 47.3 Å². The molecular weight excluding hydrogens is 406 g/mol. The summed E-state index contributed by atoms with van der Waals surface area (Å²) in [6, 6.07) is 17.0. The van der Waals surface area contributed by atoms with Gasteiger partial charge in [-0.15, -0.1) is 0 Å². The number of aromatic nitrogens is 2. The van der Waals surface area contributed by atoms with Crippen LogP contribution in [0.4, 0.5) is 11.4 Å². The smallest absolute Gasteiger partial charge is 0.103 e. The Morgan fingerprint density at radius 1 is 1.09 bits per heavy atom. The lowest BCUT2D eigenvalue weighted by atomic mass is 10.1. The van der Waals surface area contributed by atoms with Crippen LogP contribution >= 0.6 is 0 Å². The Morgan fingerprint density at radius 3 is 2.73 bits per heavy atom. The third kappa shape index (κ3) is 4.97. The highest BCUT2D eigenvalue weighted by Gasteiger charge is 2.11. The van der Waals surface area contributed by atoms with Gasteiger partial charge in [-0.25, -0.2) is 0 Å². The molecule has 5 heteroatoms. The minimum Gasteiger partial charge on any atom is -0.361 e. The van der Waals surface area contributed by atoms with E-state index in [1.54, 1.807) is 12.4 Å². The van der Waals surface area contributed by atoms with Crippen molar-refractivity contribution in [3.05, 3.63) is 88.9 Å². The van der Waals surface area contributed by atoms with Crippen molar-refractivity contribution in [1.29, 1.82) is 5.26 Å². The summed E-state index contributed by atoms with van der Waals surface area (Å²) in [5.74, 6) is 0. The quantitative estimate of drug-likeness (QED) is 0.331. The lowest BCUT2D eigenvalue weighted by Gasteiger charge is -2.18. The Kier molecular flexibility index (Phi) is 6.87. The van der Waals surface area contributed by atoms with Crippen LogP contribution in [-0.2, 0) is 6.54 Å². The van der Waals surface area contributed by atoms with E-state index in [0.717, 1.165) is 58.6 Å². The maximum absolute atomic E-state index is 9.72. The minimum atomic E-state index is 0.515. The molecule has 33 heavy (non-hydrogen) atoms. The summed E-state index contributed by atoms with van der Waals surface area (Å²) in [5, 5.41) is 14.4. The van der Waals surface area contributed by atoms with Crippen LogP contribution in [0.1, 0.15) is 41.7 Å². The summed E-state index contributed by atoms with van der Waals surface area (Å²) in [7, 11) is 0. The summed E-state index contributed by atoms with van der Waals surface area (Å²) < 4.78 is 0. The van der Waals surface area contributed by atoms with Gasteiger partial charge in [0.2, 0.25) is 0 Å². The number of aryl methyl sites for hydroxylation is 1. The standard InChI is InChI=1S/C28H29N5/c1-4-33(5-2)19-22-8-6-7-21(15-22)9-10-23-17-30-18-24(16-29)28(23)32-26-11-12-27-25(20(26)3)13-14-31-27/h6-15,17-18,31H,4-5,19H2,1-3H3,(H,30,32)/b10-9+. The molecule has 4 rings (SSSR count). The van der Waals surface area contributed by atoms with Gasteiger partial charge in [0.1, 0.15) is 6.07 Å². The Bertz CT molecular complexity index is 1320. The zero-order chi connectivity index (χ0) is 23.2. The Hall–Kier alpha value is -3.88. The highest BCUT2D eigenvalue weighted by Crippen LogP contribution is 2.31. The number of nitrogens with zero attached hydrogens (tertiary/aromatic N) is 3. The van der Waals surface area contributed by atoms with Crippen molar-refractivity contribution < 1.29 is 0 Å². The Labute approximate surface area is 195 Å². The SMILES string of the molecule is CCN(CC)Cc1cccc(/C=C/c2cncc(C#N)c2Nc2ccc3[nH]ccc3c2C)c1. The van der Waals surface area contributed by atoms with Gasteiger partial charge in [0.05, 0.1) is 11.3 Å². The number of benzene rings is 2. The zero-order valence-electron chi connectivity index (χ0n) is 19.4. The van der Waals surface area contributed by atoms with Gasteiger partial charge in [-0.3, -0.25) is 9.88 Å². The molecule has 0 aliphatic rings. The van der Waals surface area contributed by atoms with Crippen molar-refractivity contribution in [3.8, 4) is 6.07 Å². The molecule has 2 aromatic heterocycles. The fourth-order valence-corrected chi connectivity index (χ4v) is 4.07. The number of pyridine rings is 1. The van der Waals surface area contributed by atoms with Crippen LogP contribution in [0.5, 0.6) is 0 Å². The van der Waals surface area contributed by atoms with Crippen molar-refractivity contribution in [2.75, 3.05) is 18.4 Å². The summed E-state index contributed by atoms with van der Waals surface area (Å²) >= 11 is 0. The first-order valence-electron chi connectivity index (χ1n) is 11.3. The number of hydrogen-bond donors (Lipinski definition) is 2. The maximum Gasteiger partial charge on any atom is 0.103 e. The normalized spacial score (nSPS) is 11.4. The van der Waals surface area contributed by atoms with Crippen molar-refractivity contribution >= 4 is 34.4 Å². The van der Waals surface area contributed by atoms with Gasteiger partial charge in [0.25, 0.3) is 0 Å². The number of nitrogens with one attached hydrogen (secondary N) is 2. The molecular formula is C28H29N5. The molecule has 0 radical (unpaired) electrons. The molecule has 0 aliphatic carbocycles. The van der Waals surface area contributed by atoms with E-state index in [4.69, 9.17) is 0 Å². The fourth-order valence-electron chi connectivity index (χ4n) is 4.07. The molecule has 166 valence electrons. The fraction of sp³-hybridized carbons (Fsp3) is 0.214. The van der Waals surface area contributed by atoms with E-state index in [-0.39, 0.29) is 0 Å². The van der Waals surface area contributed by atoms with Crippen LogP contribution in [0.25, 0.3) is 23.1 Å². The maximum atomic E-state index is 9.72. The van der Waals surface area contributed by atoms with Crippen LogP contribution in [0.3, 0.4) is 0 Å². The van der Waals surface area contributed by atoms with Gasteiger partial charge < -0.3 is 10.3 Å². The summed E-state index contributed by atoms with van der Waals surface area (Å²) in [5.41, 5.74) is 7.77. The Morgan fingerprint density at radius 2 is 1.94 bits per heavy atom. The third-order valence-corrected chi connectivity index (χ3v) is 6.07. The second-order valence-electron chi connectivity index (χ2n) is 8.10. The molecule has 0 atom stereocenters. The number of hydrogen-bond acceptors (Lipinski definition) is 4. The summed E-state index contributed by atoms with van der Waals surface area (Å²) in [6.45, 7) is 9.47. The summed E-state index contributed by atoms with van der Waals surface area (Å²) in [4.78, 5) is 9.93. The second-order valence-corrected chi connectivity index (χ2v) is 8.10. The van der Waals surface area contributed by atoms with E-state index in [1.807, 2.05) is 18.3 Å². The lowest BCUT2D eigenvalue weighted by molar-refractivity contribution is 0.296. The number of rotatable bonds is 8. The predicted molar refractivity (Wildman–Crippen MR) is 137 cm³/mol. The molecule has 0 spiro atoms. The molecule has 0 amide bonds. The van der Waals surface area contributed by atoms with Crippen molar-refractivity contribution in [3.63, 3.8) is 0 Å². The van der Waals surface area contributed by atoms with Gasteiger partial charge in [-0.1, -0.05) is 50.3 Å². The van der Waals surface area contributed by atoms with E-state index in [2.05, 4.69) is 89.5 Å². The first kappa shape index (κ1) is 22.3. The number of anilines is 2. The van der Waals surface area contributed by atoms with E-state index >= 15 is 0 Å². The van der Waals surface area contributed by atoms with Crippen molar-refractivity contribution in [1.82, 2.24) is 14.9 Å². The lowest BCUT2D eigenvalue weighted by Crippen LogP contribution is -2.22. The molecule has 0 saturated carbocycles. The molecule has 4 aromatic rings. The van der Waals surface area contributed by atoms with E-state index < -0.39 is 0 Å². The number of nitriles is 1. The molecule has 0 unspecified atom stereocenters. The van der Waals surface area contributed by atoms with E-state index in [1.165, 1.54) is 5.56 Å². The largest absolute Gasteiger partial charge is 0.361 e. The first-order valence-corrected chi connectivity index (χ1v) is 11.3. The molecule has 0 aliphatic heterocycles. The van der Waals surface area contributed by atoms with E-state index in [0.29, 0.717) is 5.56 Å². The van der Waals surface area contributed by atoms with Gasteiger partial charge in [0.15, 0.2) is 0 Å². The number of aromatic amines is 1. The average Bonchev–Trinajstić information content (AvgIpc) is 3.33. The van der Waals surface area contributed by atoms with Crippen LogP contribution < -0.4 is 5.32 Å². The molecule has 0 saturated heterocycles. The highest BCUT2D eigenvalue weighted by atomic mass is 15.1. The van der Waals surface area contributed by atoms with E-state index in [9.17, 15) is 5.26 Å². The molecule has 0 bridgehead atoms. The molecule has 2 aromatic carbocycles. The minimum absolute atomic E-state index is 0.515.